The molecule has 0 radical (unpaired) electrons. The monoisotopic (exact) mass is 338 g/mol. The molecule has 1 aliphatic carbocycles. The minimum absolute atomic E-state index is 0.236. The summed E-state index contributed by atoms with van der Waals surface area (Å²) in [6.45, 7) is 10.4. The van der Waals surface area contributed by atoms with Crippen molar-refractivity contribution >= 4 is 5.84 Å². The second-order valence-corrected chi connectivity index (χ2v) is 9.57. The van der Waals surface area contributed by atoms with Crippen molar-refractivity contribution < 1.29 is 0 Å². The van der Waals surface area contributed by atoms with Gasteiger partial charge in [-0.15, -0.1) is 0 Å². The highest BCUT2D eigenvalue weighted by Crippen LogP contribution is 2.37. The van der Waals surface area contributed by atoms with Gasteiger partial charge in [-0.25, -0.2) is 0 Å². The van der Waals surface area contributed by atoms with Gasteiger partial charge in [0.2, 0.25) is 0 Å². The zero-order valence-electron chi connectivity index (χ0n) is 16.3. The number of nitrogens with zero attached hydrogens (tertiary/aromatic N) is 2. The molecule has 0 amide bonds. The summed E-state index contributed by atoms with van der Waals surface area (Å²) in [4.78, 5) is 7.60. The van der Waals surface area contributed by atoms with Crippen LogP contribution in [0.4, 0.5) is 0 Å². The summed E-state index contributed by atoms with van der Waals surface area (Å²) in [7, 11) is 0. The Kier molecular flexibility index (Phi) is 4.64. The van der Waals surface area contributed by atoms with E-state index in [9.17, 15) is 0 Å². The molecule has 2 fully saturated rings. The second kappa shape index (κ2) is 6.78. The van der Waals surface area contributed by atoms with Crippen LogP contribution in [-0.2, 0) is 5.41 Å². The highest BCUT2D eigenvalue weighted by Gasteiger charge is 2.34. The molecule has 3 atom stereocenters. The van der Waals surface area contributed by atoms with Crippen LogP contribution >= 0.6 is 0 Å². The summed E-state index contributed by atoms with van der Waals surface area (Å²) < 4.78 is 0. The van der Waals surface area contributed by atoms with Crippen LogP contribution in [0.3, 0.4) is 0 Å². The summed E-state index contributed by atoms with van der Waals surface area (Å²) in [6, 6.07) is 9.33. The van der Waals surface area contributed by atoms with Crippen LogP contribution in [0.5, 0.6) is 0 Å². The summed E-state index contributed by atoms with van der Waals surface area (Å²) >= 11 is 0. The normalized spacial score (nSPS) is 30.1. The molecule has 25 heavy (non-hydrogen) atoms. The molecule has 1 aromatic rings. The molecule has 2 heterocycles. The topological polar surface area (TPSA) is 15.6 Å². The molecule has 0 aromatic heterocycles. The maximum Gasteiger partial charge on any atom is 0.0996 e. The fourth-order valence-electron chi connectivity index (χ4n) is 5.11. The van der Waals surface area contributed by atoms with E-state index in [-0.39, 0.29) is 5.41 Å². The van der Waals surface area contributed by atoms with Gasteiger partial charge < -0.3 is 4.90 Å². The average molecular weight is 339 g/mol. The first-order valence-corrected chi connectivity index (χ1v) is 10.4. The summed E-state index contributed by atoms with van der Waals surface area (Å²) in [5, 5.41) is 0. The molecule has 0 N–H and O–H groups in total. The van der Waals surface area contributed by atoms with E-state index in [4.69, 9.17) is 4.99 Å². The standard InChI is InChI=1S/C23H34N2/c1-23(2,3)21-10-8-18(9-11-21)20-14-22(24-15-20)25-13-12-17-6-4-5-7-19(17)16-25/h8-11,17,19-20H,4-7,12-16H2,1-3H3. The van der Waals surface area contributed by atoms with E-state index in [0.717, 1.165) is 24.8 Å². The minimum Gasteiger partial charge on any atom is -0.360 e. The van der Waals surface area contributed by atoms with Crippen LogP contribution in [0.25, 0.3) is 0 Å². The Labute approximate surface area is 153 Å². The lowest BCUT2D eigenvalue weighted by Crippen LogP contribution is -2.44. The van der Waals surface area contributed by atoms with Gasteiger partial charge in [0.25, 0.3) is 0 Å². The Morgan fingerprint density at radius 3 is 2.40 bits per heavy atom. The third-order valence-corrected chi connectivity index (χ3v) is 6.83. The number of benzene rings is 1. The van der Waals surface area contributed by atoms with Gasteiger partial charge in [0, 0.05) is 32.0 Å². The fourth-order valence-corrected chi connectivity index (χ4v) is 5.11. The molecule has 2 heteroatoms. The number of rotatable bonds is 1. The van der Waals surface area contributed by atoms with Crippen molar-refractivity contribution in [2.24, 2.45) is 16.8 Å². The van der Waals surface area contributed by atoms with E-state index in [1.807, 2.05) is 0 Å². The largest absolute Gasteiger partial charge is 0.360 e. The Hall–Kier alpha value is -1.31. The van der Waals surface area contributed by atoms with E-state index in [1.54, 1.807) is 0 Å². The van der Waals surface area contributed by atoms with Gasteiger partial charge in [0.15, 0.2) is 0 Å². The van der Waals surface area contributed by atoms with Gasteiger partial charge >= 0.3 is 0 Å². The van der Waals surface area contributed by atoms with E-state index >= 15 is 0 Å². The highest BCUT2D eigenvalue weighted by atomic mass is 15.2. The van der Waals surface area contributed by atoms with Crippen LogP contribution in [-0.4, -0.2) is 30.4 Å². The third kappa shape index (κ3) is 3.64. The Balaban J connectivity index is 1.38. The molecule has 3 aliphatic rings. The van der Waals surface area contributed by atoms with Gasteiger partial charge in [0.05, 0.1) is 5.84 Å². The van der Waals surface area contributed by atoms with Crippen LogP contribution in [0.1, 0.15) is 76.3 Å². The number of amidine groups is 1. The molecule has 1 saturated carbocycles. The van der Waals surface area contributed by atoms with Crippen LogP contribution in [0.2, 0.25) is 0 Å². The second-order valence-electron chi connectivity index (χ2n) is 9.57. The summed E-state index contributed by atoms with van der Waals surface area (Å²) in [5.74, 6) is 3.94. The van der Waals surface area contributed by atoms with Gasteiger partial charge in [-0.1, -0.05) is 64.3 Å². The maximum absolute atomic E-state index is 4.97. The molecular formula is C23H34N2. The van der Waals surface area contributed by atoms with Crippen LogP contribution < -0.4 is 0 Å². The fraction of sp³-hybridized carbons (Fsp3) is 0.696. The molecule has 0 bridgehead atoms. The molecule has 0 spiro atoms. The number of fused-ring (bicyclic) bond motifs is 1. The number of piperidine rings is 1. The number of likely N-dealkylation sites (tertiary alicyclic amines) is 1. The zero-order valence-corrected chi connectivity index (χ0v) is 16.3. The SMILES string of the molecule is CC(C)(C)c1ccc(C2CN=C(N3CCC4CCCCC4C3)C2)cc1. The van der Waals surface area contributed by atoms with E-state index in [1.165, 1.54) is 62.2 Å². The van der Waals surface area contributed by atoms with Gasteiger partial charge in [0.1, 0.15) is 0 Å². The smallest absolute Gasteiger partial charge is 0.0996 e. The van der Waals surface area contributed by atoms with Crippen molar-refractivity contribution in [3.8, 4) is 0 Å². The zero-order chi connectivity index (χ0) is 17.4. The van der Waals surface area contributed by atoms with Crippen LogP contribution in [0, 0.1) is 11.8 Å². The Morgan fingerprint density at radius 2 is 1.68 bits per heavy atom. The van der Waals surface area contributed by atoms with Crippen molar-refractivity contribution in [2.75, 3.05) is 19.6 Å². The van der Waals surface area contributed by atoms with Gasteiger partial charge in [-0.05, 0) is 41.2 Å². The average Bonchev–Trinajstić information content (AvgIpc) is 3.11. The lowest BCUT2D eigenvalue weighted by atomic mass is 9.75. The summed E-state index contributed by atoms with van der Waals surface area (Å²) in [5.41, 5.74) is 3.13. The molecule has 3 unspecified atom stereocenters. The lowest BCUT2D eigenvalue weighted by Gasteiger charge is -2.42. The van der Waals surface area contributed by atoms with Crippen LogP contribution in [0.15, 0.2) is 29.3 Å². The van der Waals surface area contributed by atoms with E-state index < -0.39 is 0 Å². The number of aliphatic imine (C=N–C) groups is 1. The first-order chi connectivity index (χ1) is 12.0. The molecule has 1 saturated heterocycles. The molecular weight excluding hydrogens is 304 g/mol. The first kappa shape index (κ1) is 17.1. The van der Waals surface area contributed by atoms with Crippen molar-refractivity contribution in [3.05, 3.63) is 35.4 Å². The van der Waals surface area contributed by atoms with E-state index in [2.05, 4.69) is 49.9 Å². The minimum atomic E-state index is 0.236. The predicted molar refractivity (Wildman–Crippen MR) is 106 cm³/mol. The van der Waals surface area contributed by atoms with Gasteiger partial charge in [-0.2, -0.15) is 0 Å². The van der Waals surface area contributed by atoms with Crippen molar-refractivity contribution in [1.29, 1.82) is 0 Å². The Morgan fingerprint density at radius 1 is 0.960 bits per heavy atom. The maximum atomic E-state index is 4.97. The van der Waals surface area contributed by atoms with Crippen molar-refractivity contribution in [3.63, 3.8) is 0 Å². The lowest BCUT2D eigenvalue weighted by molar-refractivity contribution is 0.129. The van der Waals surface area contributed by atoms with Crippen molar-refractivity contribution in [2.45, 2.75) is 70.6 Å². The van der Waals surface area contributed by atoms with Gasteiger partial charge in [-0.3, -0.25) is 4.99 Å². The number of hydrogen-bond acceptors (Lipinski definition) is 2. The Bertz CT molecular complexity index is 622. The quantitative estimate of drug-likeness (QED) is 0.671. The van der Waals surface area contributed by atoms with E-state index in [0.29, 0.717) is 5.92 Å². The molecule has 2 nitrogen and oxygen atoms in total. The molecule has 4 rings (SSSR count). The summed E-state index contributed by atoms with van der Waals surface area (Å²) in [6.07, 6.45) is 8.39. The molecule has 2 aliphatic heterocycles. The number of hydrogen-bond donors (Lipinski definition) is 0. The molecule has 136 valence electrons. The van der Waals surface area contributed by atoms with Crippen molar-refractivity contribution in [1.82, 2.24) is 4.90 Å². The molecule has 1 aromatic carbocycles. The highest BCUT2D eigenvalue weighted by molar-refractivity contribution is 5.85. The first-order valence-electron chi connectivity index (χ1n) is 10.4. The third-order valence-electron chi connectivity index (χ3n) is 6.83. The predicted octanol–water partition coefficient (Wildman–Crippen LogP) is 5.38.